The van der Waals surface area contributed by atoms with E-state index in [1.807, 2.05) is 0 Å². The summed E-state index contributed by atoms with van der Waals surface area (Å²) in [7, 11) is 1.15. The highest BCUT2D eigenvalue weighted by atomic mass is 19.4. The van der Waals surface area contributed by atoms with E-state index >= 15 is 0 Å². The molecule has 0 fully saturated rings. The van der Waals surface area contributed by atoms with E-state index in [0.29, 0.717) is 0 Å². The van der Waals surface area contributed by atoms with E-state index in [4.69, 9.17) is 5.73 Å². The summed E-state index contributed by atoms with van der Waals surface area (Å²) in [5.41, 5.74) is -6.73. The summed E-state index contributed by atoms with van der Waals surface area (Å²) >= 11 is 0. The van der Waals surface area contributed by atoms with E-state index in [1.54, 1.807) is 0 Å². The average molecular weight is 355 g/mol. The van der Waals surface area contributed by atoms with Crippen molar-refractivity contribution in [2.45, 2.75) is 30.5 Å². The third kappa shape index (κ3) is 3.20. The van der Waals surface area contributed by atoms with Crippen LogP contribution in [0.5, 0.6) is 0 Å². The van der Waals surface area contributed by atoms with Gasteiger partial charge >= 0.3 is 24.2 Å². The van der Waals surface area contributed by atoms with Crippen LogP contribution in [0.15, 0.2) is 12.1 Å². The molecule has 23 heavy (non-hydrogen) atoms. The molecule has 0 aliphatic carbocycles. The molecular weight excluding hydrogens is 347 g/mol. The molecule has 0 saturated carbocycles. The van der Waals surface area contributed by atoms with E-state index in [0.717, 1.165) is 7.85 Å². The molecule has 0 heterocycles. The third-order valence-corrected chi connectivity index (χ3v) is 3.13. The topological polar surface area (TPSA) is 26.0 Å². The molecule has 1 nitrogen and oxygen atoms in total. The Balaban J connectivity index is 3.83. The predicted octanol–water partition coefficient (Wildman–Crippen LogP) is 3.71. The maximum absolute atomic E-state index is 13.9. The first-order valence-electron chi connectivity index (χ1n) is 5.89. The number of nitrogen functional groups attached to an aromatic ring is 1. The lowest BCUT2D eigenvalue weighted by Crippen LogP contribution is -2.50. The van der Waals surface area contributed by atoms with Gasteiger partial charge in [0.1, 0.15) is 7.85 Å². The fraction of sp³-hybridized carbons (Fsp3) is 0.455. The van der Waals surface area contributed by atoms with Crippen molar-refractivity contribution in [3.63, 3.8) is 0 Å². The number of alkyl halides is 10. The molecule has 0 atom stereocenters. The van der Waals surface area contributed by atoms with E-state index in [-0.39, 0.29) is 6.07 Å². The lowest BCUT2D eigenvalue weighted by molar-refractivity contribution is -0.348. The van der Waals surface area contributed by atoms with Crippen LogP contribution in [0.3, 0.4) is 0 Å². The zero-order valence-electron chi connectivity index (χ0n) is 11.2. The molecular formula is C11H8BF10N. The molecule has 0 aromatic heterocycles. The molecule has 1 aromatic carbocycles. The summed E-state index contributed by atoms with van der Waals surface area (Å²) in [5.74, 6) is 0. The Morgan fingerprint density at radius 3 is 1.57 bits per heavy atom. The summed E-state index contributed by atoms with van der Waals surface area (Å²) in [6.45, 7) is 0. The standard InChI is InChI=1S/C11H8BF10N/c12-3-4-1-5(2-6(7(4)23)9(14,15)16)8(13,10(17,18)19)11(20,21)22/h1-2H,3,12,23H2. The molecule has 12 heteroatoms. The van der Waals surface area contributed by atoms with Gasteiger partial charge in [0.2, 0.25) is 0 Å². The Morgan fingerprint density at radius 2 is 1.26 bits per heavy atom. The van der Waals surface area contributed by atoms with Gasteiger partial charge in [0.15, 0.2) is 0 Å². The summed E-state index contributed by atoms with van der Waals surface area (Å²) in [4.78, 5) is 0. The van der Waals surface area contributed by atoms with Crippen LogP contribution in [-0.2, 0) is 18.2 Å². The Kier molecular flexibility index (Phi) is 4.63. The van der Waals surface area contributed by atoms with Crippen LogP contribution in [0.2, 0.25) is 0 Å². The van der Waals surface area contributed by atoms with Crippen molar-refractivity contribution in [1.82, 2.24) is 0 Å². The second-order valence-corrected chi connectivity index (χ2v) is 4.60. The number of halogens is 10. The molecule has 2 N–H and O–H groups in total. The zero-order valence-corrected chi connectivity index (χ0v) is 11.2. The van der Waals surface area contributed by atoms with Gasteiger partial charge < -0.3 is 5.73 Å². The highest BCUT2D eigenvalue weighted by Crippen LogP contribution is 2.54. The first-order valence-corrected chi connectivity index (χ1v) is 5.89. The SMILES string of the molecule is BCc1cc(C(F)(C(F)(F)F)C(F)(F)F)cc(C(F)(F)F)c1N. The minimum atomic E-state index is -6.50. The lowest BCUT2D eigenvalue weighted by atomic mass is 9.86. The number of hydrogen-bond acceptors (Lipinski definition) is 1. The van der Waals surface area contributed by atoms with Crippen molar-refractivity contribution in [3.8, 4) is 0 Å². The van der Waals surface area contributed by atoms with Crippen molar-refractivity contribution in [2.75, 3.05) is 5.73 Å². The van der Waals surface area contributed by atoms with Gasteiger partial charge in [0.25, 0.3) is 0 Å². The molecule has 1 aromatic rings. The van der Waals surface area contributed by atoms with Gasteiger partial charge in [-0.15, -0.1) is 0 Å². The van der Waals surface area contributed by atoms with Crippen molar-refractivity contribution >= 4 is 13.5 Å². The van der Waals surface area contributed by atoms with E-state index < -0.39 is 59.0 Å². The van der Waals surface area contributed by atoms with Crippen molar-refractivity contribution in [1.29, 1.82) is 0 Å². The molecule has 0 aliphatic heterocycles. The number of anilines is 1. The summed E-state index contributed by atoms with van der Waals surface area (Å²) in [6.07, 6.45) is -18.8. The predicted molar refractivity (Wildman–Crippen MR) is 63.0 cm³/mol. The largest absolute Gasteiger partial charge is 0.435 e. The summed E-state index contributed by atoms with van der Waals surface area (Å²) < 4.78 is 128. The van der Waals surface area contributed by atoms with Crippen LogP contribution in [-0.4, -0.2) is 20.2 Å². The van der Waals surface area contributed by atoms with Crippen molar-refractivity contribution < 1.29 is 43.9 Å². The Morgan fingerprint density at radius 1 is 0.826 bits per heavy atom. The Hall–Kier alpha value is -1.62. The fourth-order valence-corrected chi connectivity index (χ4v) is 1.93. The third-order valence-electron chi connectivity index (χ3n) is 3.13. The molecule has 1 rings (SSSR count). The minimum Gasteiger partial charge on any atom is -0.398 e. The molecule has 0 spiro atoms. The molecule has 0 unspecified atom stereocenters. The summed E-state index contributed by atoms with van der Waals surface area (Å²) in [6, 6.07) is -0.513. The lowest BCUT2D eigenvalue weighted by Gasteiger charge is -2.31. The van der Waals surface area contributed by atoms with Gasteiger partial charge in [-0.05, 0) is 11.6 Å². The van der Waals surface area contributed by atoms with Crippen LogP contribution >= 0.6 is 0 Å². The minimum absolute atomic E-state index is 0.0472. The average Bonchev–Trinajstić information content (AvgIpc) is 2.33. The molecule has 0 aliphatic rings. The van der Waals surface area contributed by atoms with Crippen molar-refractivity contribution in [3.05, 3.63) is 28.8 Å². The maximum atomic E-state index is 13.9. The summed E-state index contributed by atoms with van der Waals surface area (Å²) in [5, 5.41) is 0. The van der Waals surface area contributed by atoms with E-state index in [2.05, 4.69) is 0 Å². The molecule has 0 saturated heterocycles. The smallest absolute Gasteiger partial charge is 0.398 e. The van der Waals surface area contributed by atoms with Gasteiger partial charge in [-0.25, -0.2) is 4.39 Å². The quantitative estimate of drug-likeness (QED) is 0.489. The molecule has 0 radical (unpaired) electrons. The van der Waals surface area contributed by atoms with E-state index in [1.165, 1.54) is 0 Å². The van der Waals surface area contributed by atoms with Crippen LogP contribution in [0.4, 0.5) is 49.6 Å². The monoisotopic (exact) mass is 355 g/mol. The van der Waals surface area contributed by atoms with Crippen LogP contribution in [0.25, 0.3) is 0 Å². The molecule has 130 valence electrons. The van der Waals surface area contributed by atoms with Gasteiger partial charge in [-0.2, -0.15) is 39.5 Å². The number of rotatable bonds is 2. The van der Waals surface area contributed by atoms with Crippen LogP contribution in [0, 0.1) is 0 Å². The highest BCUT2D eigenvalue weighted by Gasteiger charge is 2.73. The highest BCUT2D eigenvalue weighted by molar-refractivity contribution is 6.08. The van der Waals surface area contributed by atoms with Gasteiger partial charge in [0.05, 0.1) is 5.56 Å². The molecule has 0 amide bonds. The van der Waals surface area contributed by atoms with Crippen LogP contribution in [0.1, 0.15) is 16.7 Å². The van der Waals surface area contributed by atoms with Gasteiger partial charge in [0, 0.05) is 11.3 Å². The zero-order chi connectivity index (χ0) is 18.4. The first kappa shape index (κ1) is 19.4. The van der Waals surface area contributed by atoms with Gasteiger partial charge in [-0.3, -0.25) is 0 Å². The number of hydrogen-bond donors (Lipinski definition) is 1. The fourth-order valence-electron chi connectivity index (χ4n) is 1.93. The second kappa shape index (κ2) is 5.48. The molecule has 0 bridgehead atoms. The van der Waals surface area contributed by atoms with Crippen LogP contribution < -0.4 is 5.73 Å². The normalized spacial score (nSPS) is 14.2. The maximum Gasteiger partial charge on any atom is 0.435 e. The Labute approximate surface area is 123 Å². The Bertz CT molecular complexity index is 572. The number of nitrogens with two attached hydrogens (primary N) is 1. The number of benzene rings is 1. The van der Waals surface area contributed by atoms with Gasteiger partial charge in [-0.1, -0.05) is 12.4 Å². The first-order chi connectivity index (χ1) is 10.1. The van der Waals surface area contributed by atoms with Crippen molar-refractivity contribution in [2.24, 2.45) is 0 Å². The second-order valence-electron chi connectivity index (χ2n) is 4.60. The van der Waals surface area contributed by atoms with E-state index in [9.17, 15) is 43.9 Å².